The fourth-order valence-electron chi connectivity index (χ4n) is 4.51. The van der Waals surface area contributed by atoms with Crippen molar-refractivity contribution in [1.29, 1.82) is 0 Å². The molecule has 1 aromatic rings. The molecule has 1 saturated carbocycles. The van der Waals surface area contributed by atoms with Crippen LogP contribution in [0.1, 0.15) is 36.8 Å². The van der Waals surface area contributed by atoms with Crippen molar-refractivity contribution in [2.24, 2.45) is 5.92 Å². The highest BCUT2D eigenvalue weighted by Gasteiger charge is 2.52. The predicted molar refractivity (Wildman–Crippen MR) is 91.6 cm³/mol. The van der Waals surface area contributed by atoms with Gasteiger partial charge in [0, 0.05) is 18.5 Å². The molecule has 0 saturated heterocycles. The van der Waals surface area contributed by atoms with Gasteiger partial charge in [-0.25, -0.2) is 0 Å². The van der Waals surface area contributed by atoms with E-state index >= 15 is 0 Å². The van der Waals surface area contributed by atoms with Gasteiger partial charge in [0.25, 0.3) is 0 Å². The second-order valence-corrected chi connectivity index (χ2v) is 7.92. The number of benzene rings is 1. The predicted octanol–water partition coefficient (Wildman–Crippen LogP) is 2.16. The van der Waals surface area contributed by atoms with Gasteiger partial charge in [-0.15, -0.1) is 0 Å². The number of carbonyl (C=O) groups is 1. The van der Waals surface area contributed by atoms with Gasteiger partial charge in [0.2, 0.25) is 0 Å². The molecular formula is C20H23NO4. The molecule has 0 radical (unpaired) electrons. The number of aliphatic hydroxyl groups is 1. The summed E-state index contributed by atoms with van der Waals surface area (Å²) in [6, 6.07) is 3.95. The van der Waals surface area contributed by atoms with Crippen molar-refractivity contribution >= 4 is 5.97 Å². The molecule has 0 aromatic heterocycles. The quantitative estimate of drug-likeness (QED) is 0.507. The Bertz CT molecular complexity index is 769. The van der Waals surface area contributed by atoms with Crippen LogP contribution < -0.4 is 9.47 Å². The van der Waals surface area contributed by atoms with Crippen LogP contribution >= 0.6 is 0 Å². The molecule has 2 aliphatic heterocycles. The molecule has 2 aliphatic carbocycles. The molecule has 2 heterocycles. The van der Waals surface area contributed by atoms with Crippen molar-refractivity contribution in [3.05, 3.63) is 35.4 Å². The molecule has 1 spiro atoms. The van der Waals surface area contributed by atoms with Crippen LogP contribution in [0, 0.1) is 5.92 Å². The van der Waals surface area contributed by atoms with E-state index in [0.717, 1.165) is 37.9 Å². The lowest BCUT2D eigenvalue weighted by atomic mass is 9.69. The fraction of sp³-hybridized carbons (Fsp3) is 0.550. The third kappa shape index (κ3) is 2.33. The van der Waals surface area contributed by atoms with Gasteiger partial charge in [0.05, 0.1) is 17.4 Å². The van der Waals surface area contributed by atoms with Gasteiger partial charge in [0.1, 0.15) is 6.10 Å². The van der Waals surface area contributed by atoms with Crippen LogP contribution in [-0.4, -0.2) is 41.8 Å². The largest absolute Gasteiger partial charge is 0.485 e. The van der Waals surface area contributed by atoms with Crippen molar-refractivity contribution < 1.29 is 19.4 Å². The highest BCUT2D eigenvalue weighted by molar-refractivity contribution is 5.79. The summed E-state index contributed by atoms with van der Waals surface area (Å²) in [7, 11) is 2.13. The van der Waals surface area contributed by atoms with E-state index in [9.17, 15) is 9.90 Å². The third-order valence-electron chi connectivity index (χ3n) is 6.05. The average Bonchev–Trinajstić information content (AvgIpc) is 3.38. The summed E-state index contributed by atoms with van der Waals surface area (Å²) < 4.78 is 12.0. The maximum absolute atomic E-state index is 12.2. The molecule has 1 N–H and O–H groups in total. The zero-order chi connectivity index (χ0) is 17.2. The van der Waals surface area contributed by atoms with Gasteiger partial charge in [-0.2, -0.15) is 0 Å². The zero-order valence-electron chi connectivity index (χ0n) is 14.4. The molecule has 3 atom stereocenters. The minimum Gasteiger partial charge on any atom is -0.485 e. The number of esters is 1. The highest BCUT2D eigenvalue weighted by atomic mass is 16.6. The summed E-state index contributed by atoms with van der Waals surface area (Å²) in [5.74, 6) is 1.16. The molecule has 4 aliphatic rings. The molecule has 0 bridgehead atoms. The fourth-order valence-corrected chi connectivity index (χ4v) is 4.51. The van der Waals surface area contributed by atoms with Crippen LogP contribution in [0.25, 0.3) is 0 Å². The lowest BCUT2D eigenvalue weighted by Crippen LogP contribution is -2.42. The van der Waals surface area contributed by atoms with E-state index in [1.807, 2.05) is 12.1 Å². The van der Waals surface area contributed by atoms with E-state index in [0.29, 0.717) is 17.9 Å². The smallest absolute Gasteiger partial charge is 0.314 e. The van der Waals surface area contributed by atoms with Gasteiger partial charge in [-0.1, -0.05) is 18.2 Å². The number of aliphatic hydroxyl groups excluding tert-OH is 1. The maximum Gasteiger partial charge on any atom is 0.314 e. The number of hydrogen-bond donors (Lipinski definition) is 1. The number of nitrogens with zero attached hydrogens (tertiary/aromatic N) is 1. The van der Waals surface area contributed by atoms with Gasteiger partial charge >= 0.3 is 5.97 Å². The molecule has 0 amide bonds. The summed E-state index contributed by atoms with van der Waals surface area (Å²) in [6.45, 7) is 1.82. The molecule has 25 heavy (non-hydrogen) atoms. The third-order valence-corrected chi connectivity index (χ3v) is 6.05. The van der Waals surface area contributed by atoms with Crippen LogP contribution in [0.2, 0.25) is 0 Å². The van der Waals surface area contributed by atoms with E-state index in [1.165, 1.54) is 5.56 Å². The lowest BCUT2D eigenvalue weighted by molar-refractivity contribution is -0.135. The zero-order valence-corrected chi connectivity index (χ0v) is 14.4. The van der Waals surface area contributed by atoms with Crippen molar-refractivity contribution in [2.75, 3.05) is 13.6 Å². The van der Waals surface area contributed by atoms with Gasteiger partial charge in [0.15, 0.2) is 11.5 Å². The van der Waals surface area contributed by atoms with Gasteiger partial charge in [-0.05, 0) is 44.5 Å². The summed E-state index contributed by atoms with van der Waals surface area (Å²) in [5.41, 5.74) is 2.16. The van der Waals surface area contributed by atoms with E-state index in [4.69, 9.17) is 9.47 Å². The Morgan fingerprint density at radius 3 is 3.04 bits per heavy atom. The molecule has 1 unspecified atom stereocenters. The Hall–Kier alpha value is -1.85. The molecular weight excluding hydrogens is 318 g/mol. The Morgan fingerprint density at radius 1 is 1.40 bits per heavy atom. The summed E-state index contributed by atoms with van der Waals surface area (Å²) >= 11 is 0. The average molecular weight is 341 g/mol. The molecule has 1 fully saturated rings. The number of ether oxygens (including phenoxy) is 2. The van der Waals surface area contributed by atoms with Crippen LogP contribution in [0.4, 0.5) is 0 Å². The summed E-state index contributed by atoms with van der Waals surface area (Å²) in [4.78, 5) is 14.5. The Morgan fingerprint density at radius 2 is 2.24 bits per heavy atom. The number of carbonyl (C=O) groups excluding carboxylic acids is 1. The van der Waals surface area contributed by atoms with Gasteiger partial charge in [-0.3, -0.25) is 4.79 Å². The first kappa shape index (κ1) is 15.4. The maximum atomic E-state index is 12.2. The minimum absolute atomic E-state index is 0.0523. The first-order valence-corrected chi connectivity index (χ1v) is 9.17. The molecule has 5 heteroatoms. The van der Waals surface area contributed by atoms with Crippen molar-refractivity contribution in [3.8, 4) is 11.5 Å². The van der Waals surface area contributed by atoms with Crippen LogP contribution in [0.5, 0.6) is 11.5 Å². The summed E-state index contributed by atoms with van der Waals surface area (Å²) in [5, 5.41) is 10.1. The Labute approximate surface area is 147 Å². The van der Waals surface area contributed by atoms with Crippen molar-refractivity contribution in [2.45, 2.75) is 49.9 Å². The van der Waals surface area contributed by atoms with E-state index < -0.39 is 6.10 Å². The molecule has 5 rings (SSSR count). The molecule has 1 aromatic carbocycles. The van der Waals surface area contributed by atoms with Crippen LogP contribution in [-0.2, 0) is 16.8 Å². The first-order valence-electron chi connectivity index (χ1n) is 9.17. The normalized spacial score (nSPS) is 33.2. The number of rotatable bonds is 2. The van der Waals surface area contributed by atoms with E-state index in [1.54, 1.807) is 0 Å². The highest BCUT2D eigenvalue weighted by Crippen LogP contribution is 2.55. The van der Waals surface area contributed by atoms with Crippen LogP contribution in [0.3, 0.4) is 0 Å². The van der Waals surface area contributed by atoms with Gasteiger partial charge < -0.3 is 19.5 Å². The lowest BCUT2D eigenvalue weighted by Gasteiger charge is -2.35. The second-order valence-electron chi connectivity index (χ2n) is 7.92. The van der Waals surface area contributed by atoms with Crippen LogP contribution in [0.15, 0.2) is 24.3 Å². The topological polar surface area (TPSA) is 59.0 Å². The second kappa shape index (κ2) is 5.32. The first-order chi connectivity index (χ1) is 12.1. The standard InChI is InChI=1S/C20H23NO4/c1-21-9-8-20-7-6-14(22)10-16(20)25-18-15(24-19(23)12-2-3-12)5-4-13(11-21)17(18)20/h4-7,12,14,16,22H,2-3,8-11H2,1H3/t14-,16?,20-/m0/s1. The van der Waals surface area contributed by atoms with E-state index in [2.05, 4.69) is 24.1 Å². The minimum atomic E-state index is -0.480. The monoisotopic (exact) mass is 341 g/mol. The Balaban J connectivity index is 1.63. The Kier molecular flexibility index (Phi) is 3.28. The van der Waals surface area contributed by atoms with Crippen molar-refractivity contribution in [3.63, 3.8) is 0 Å². The van der Waals surface area contributed by atoms with Crippen molar-refractivity contribution in [1.82, 2.24) is 4.90 Å². The van der Waals surface area contributed by atoms with E-state index in [-0.39, 0.29) is 23.4 Å². The molecule has 5 nitrogen and oxygen atoms in total. The molecule has 132 valence electrons. The summed E-state index contributed by atoms with van der Waals surface area (Å²) in [6.07, 6.45) is 6.81. The number of hydrogen-bond acceptors (Lipinski definition) is 5. The SMILES string of the molecule is CN1CC[C@@]23C=C[C@H](O)CC2Oc2c(OC(=O)C4CC4)ccc(c23)C1.